The molecule has 0 unspecified atom stereocenters. The number of aliphatic carboxylic acids is 4. The van der Waals surface area contributed by atoms with Crippen LogP contribution in [0, 0.1) is 0 Å². The molecule has 0 aliphatic heterocycles. The molecule has 0 aromatic heterocycles. The molecule has 0 aromatic carbocycles. The van der Waals surface area contributed by atoms with Crippen LogP contribution >= 0.6 is 0 Å². The molecule has 0 aromatic rings. The molecule has 0 fully saturated rings. The van der Waals surface area contributed by atoms with Crippen molar-refractivity contribution < 1.29 is 93.1 Å². The number of carboxylic acid groups (broad SMARTS) is 4. The van der Waals surface area contributed by atoms with Crippen LogP contribution in [0.5, 0.6) is 0 Å². The van der Waals surface area contributed by atoms with E-state index in [0.717, 1.165) is 27.7 Å². The van der Waals surface area contributed by atoms with Crippen molar-refractivity contribution in [2.75, 3.05) is 13.1 Å². The van der Waals surface area contributed by atoms with Gasteiger partial charge in [0.15, 0.2) is 0 Å². The summed E-state index contributed by atoms with van der Waals surface area (Å²) in [7, 11) is 0. The quantitative estimate of drug-likeness (QED) is 0.232. The molecule has 0 bridgehead atoms. The van der Waals surface area contributed by atoms with E-state index in [2.05, 4.69) is 0 Å². The van der Waals surface area contributed by atoms with Crippen LogP contribution in [0.15, 0.2) is 0 Å². The fraction of sp³-hybridized carbons (Fsp3) is 0.600. The summed E-state index contributed by atoms with van der Waals surface area (Å²) in [5, 5.41) is 29.7. The first-order valence-corrected chi connectivity index (χ1v) is 5.03. The van der Waals surface area contributed by atoms with Gasteiger partial charge in [0.1, 0.15) is 0 Å². The van der Waals surface area contributed by atoms with Crippen LogP contribution in [-0.4, -0.2) is 62.9 Å². The van der Waals surface area contributed by atoms with Crippen LogP contribution in [0.25, 0.3) is 0 Å². The summed E-state index contributed by atoms with van der Waals surface area (Å²) in [5.41, 5.74) is 9.81. The molecular formula is C10H27FeN2NaO9. The van der Waals surface area contributed by atoms with E-state index in [1.165, 1.54) is 0 Å². The summed E-state index contributed by atoms with van der Waals surface area (Å²) >= 11 is 0. The molecule has 0 aliphatic rings. The third kappa shape index (κ3) is 101000. The van der Waals surface area contributed by atoms with Crippen molar-refractivity contribution in [1.82, 2.24) is 0 Å². The number of hydrogen-bond donors (Lipinski definition) is 6. The smallest absolute Gasteiger partial charge is 1.00 e. The van der Waals surface area contributed by atoms with Crippen molar-refractivity contribution in [3.05, 3.63) is 0 Å². The Hall–Kier alpha value is -0.721. The molecule has 0 saturated heterocycles. The first-order chi connectivity index (χ1) is 8.84. The molecule has 0 rings (SSSR count). The monoisotopic (exact) mass is 398 g/mol. The largest absolute Gasteiger partial charge is 1.00 e. The van der Waals surface area contributed by atoms with Gasteiger partial charge in [-0.05, 0) is 0 Å². The Morgan fingerprint density at radius 1 is 0.696 bits per heavy atom. The molecule has 0 heterocycles. The molecule has 0 aliphatic carbocycles. The Bertz CT molecular complexity index is 209. The fourth-order valence-electron chi connectivity index (χ4n) is 0. The maximum absolute atomic E-state index is 9.00. The van der Waals surface area contributed by atoms with Gasteiger partial charge in [-0.15, -0.1) is 0 Å². The predicted molar refractivity (Wildman–Crippen MR) is 76.1 cm³/mol. The van der Waals surface area contributed by atoms with Gasteiger partial charge in [-0.2, -0.15) is 0 Å². The Morgan fingerprint density at radius 3 is 0.739 bits per heavy atom. The summed E-state index contributed by atoms with van der Waals surface area (Å²) in [6.45, 7) is 5.53. The molecule has 23 heavy (non-hydrogen) atoms. The van der Waals surface area contributed by atoms with Crippen molar-refractivity contribution >= 4 is 23.9 Å². The van der Waals surface area contributed by atoms with Gasteiger partial charge in [-0.1, -0.05) is 0 Å². The Kier molecular flexibility index (Phi) is 107. The van der Waals surface area contributed by atoms with Crippen molar-refractivity contribution in [2.45, 2.75) is 27.7 Å². The maximum atomic E-state index is 9.00. The first-order valence-electron chi connectivity index (χ1n) is 5.03. The minimum absolute atomic E-state index is 0. The fourth-order valence-corrected chi connectivity index (χ4v) is 0. The number of hydrogen-bond acceptors (Lipinski definition) is 6. The molecule has 0 amide bonds. The normalized spacial score (nSPS) is 5.65. The zero-order valence-corrected chi connectivity index (χ0v) is 16.9. The Morgan fingerprint density at radius 2 is 0.739 bits per heavy atom. The molecule has 13 heteroatoms. The number of carbonyl (C=O) groups is 4. The van der Waals surface area contributed by atoms with E-state index in [1.807, 2.05) is 0 Å². The second-order valence-electron chi connectivity index (χ2n) is 2.65. The summed E-state index contributed by atoms with van der Waals surface area (Å²) < 4.78 is 0. The first kappa shape index (κ1) is 49.5. The van der Waals surface area contributed by atoms with Gasteiger partial charge in [-0.25, -0.2) is 0 Å². The summed E-state index contributed by atoms with van der Waals surface area (Å²) in [4.78, 5) is 36.0. The van der Waals surface area contributed by atoms with E-state index in [9.17, 15) is 0 Å². The van der Waals surface area contributed by atoms with Gasteiger partial charge in [0.2, 0.25) is 0 Å². The summed E-state index contributed by atoms with van der Waals surface area (Å²) in [6, 6.07) is 0. The molecule has 0 saturated carbocycles. The molecule has 11 nitrogen and oxygen atoms in total. The van der Waals surface area contributed by atoms with Gasteiger partial charge in [0, 0.05) is 57.9 Å². The van der Waals surface area contributed by atoms with Crippen molar-refractivity contribution in [2.24, 2.45) is 11.5 Å². The minimum atomic E-state index is -0.833. The van der Waals surface area contributed by atoms with Gasteiger partial charge in [0.25, 0.3) is 23.9 Å². The minimum Gasteiger partial charge on any atom is -1.00 e. The number of rotatable bonds is 1. The standard InChI is InChI=1S/C2H8N2.4C2H4O2.Fe.Na.H2O.H/c3-1-2-4;4*1-2(3)4;;;;/h1-4H2;4*1H3,(H,3,4);;;1H2;/q;;;;;;+1;;-1. The van der Waals surface area contributed by atoms with Crippen molar-refractivity contribution in [1.29, 1.82) is 0 Å². The summed E-state index contributed by atoms with van der Waals surface area (Å²) in [6.07, 6.45) is 0. The van der Waals surface area contributed by atoms with Gasteiger partial charge >= 0.3 is 29.6 Å². The topological polar surface area (TPSA) is 233 Å². The summed E-state index contributed by atoms with van der Waals surface area (Å²) in [5.74, 6) is -3.33. The molecule has 10 N–H and O–H groups in total. The molecule has 0 spiro atoms. The predicted octanol–water partition coefficient (Wildman–Crippen LogP) is -4.44. The van der Waals surface area contributed by atoms with Crippen LogP contribution in [0.2, 0.25) is 0 Å². The van der Waals surface area contributed by atoms with Gasteiger partial charge < -0.3 is 38.8 Å². The zero-order valence-electron chi connectivity index (χ0n) is 14.8. The van der Waals surface area contributed by atoms with Crippen LogP contribution in [-0.2, 0) is 36.2 Å². The average Bonchev–Trinajstić information content (AvgIpc) is 2.13. The Balaban J connectivity index is -0.0000000161. The number of nitrogens with two attached hydrogens (primary N) is 2. The molecule has 140 valence electrons. The molecular weight excluding hydrogens is 371 g/mol. The van der Waals surface area contributed by atoms with Crippen molar-refractivity contribution in [3.63, 3.8) is 0 Å². The van der Waals surface area contributed by atoms with Gasteiger partial charge in [0.05, 0.1) is 0 Å². The van der Waals surface area contributed by atoms with Gasteiger partial charge in [-0.3, -0.25) is 19.2 Å². The maximum Gasteiger partial charge on any atom is 1.00 e. The van der Waals surface area contributed by atoms with E-state index >= 15 is 0 Å². The van der Waals surface area contributed by atoms with E-state index < -0.39 is 23.9 Å². The third-order valence-corrected chi connectivity index (χ3v) is 0.167. The SMILES string of the molecule is CC(=O)O.CC(=O)O.CC(=O)O.CC(=O)O.NCCN.O.[Fe].[H-].[Na+]. The van der Waals surface area contributed by atoms with Crippen molar-refractivity contribution in [3.8, 4) is 0 Å². The van der Waals surface area contributed by atoms with E-state index in [-0.39, 0.29) is 53.5 Å². The van der Waals surface area contributed by atoms with Crippen LogP contribution in [0.3, 0.4) is 0 Å². The van der Waals surface area contributed by atoms with Crippen LogP contribution < -0.4 is 41.0 Å². The zero-order chi connectivity index (χ0) is 17.7. The second kappa shape index (κ2) is 49.6. The van der Waals surface area contributed by atoms with E-state index in [0.29, 0.717) is 13.1 Å². The Labute approximate surface area is 169 Å². The van der Waals surface area contributed by atoms with Crippen LogP contribution in [0.1, 0.15) is 29.1 Å². The third-order valence-electron chi connectivity index (χ3n) is 0.167. The van der Waals surface area contributed by atoms with E-state index in [4.69, 9.17) is 51.1 Å². The molecule has 0 atom stereocenters. The number of carboxylic acids is 4. The van der Waals surface area contributed by atoms with Crippen LogP contribution in [0.4, 0.5) is 0 Å². The molecule has 0 radical (unpaired) electrons. The average molecular weight is 398 g/mol. The van der Waals surface area contributed by atoms with E-state index in [1.54, 1.807) is 0 Å². The second-order valence-corrected chi connectivity index (χ2v) is 2.65.